The highest BCUT2D eigenvalue weighted by molar-refractivity contribution is 5.82. The highest BCUT2D eigenvalue weighted by atomic mass is 16.5. The lowest BCUT2D eigenvalue weighted by molar-refractivity contribution is -0.128. The molecule has 8 aliphatic heterocycles. The summed E-state index contributed by atoms with van der Waals surface area (Å²) in [5.41, 5.74) is 9.92. The molecule has 0 amide bonds. The van der Waals surface area contributed by atoms with E-state index in [1.807, 2.05) is 0 Å². The Bertz CT molecular complexity index is 2820. The van der Waals surface area contributed by atoms with Gasteiger partial charge in [0.2, 0.25) is 0 Å². The molecule has 14 rings (SSSR count). The number of hydrogen-bond donors (Lipinski definition) is 3. The second kappa shape index (κ2) is 69.2. The summed E-state index contributed by atoms with van der Waals surface area (Å²) in [5.74, 6) is 8.41. The van der Waals surface area contributed by atoms with Crippen LogP contribution in [0.15, 0.2) is 36.7 Å². The van der Waals surface area contributed by atoms with Gasteiger partial charge in [-0.05, 0) is 391 Å². The number of nitrogens with zero attached hydrogens (tertiary/aromatic N) is 4. The summed E-state index contributed by atoms with van der Waals surface area (Å²) in [7, 11) is 0. The number of Topliss-reactive ketones (excluding diaryl/α,β-unsaturated/α-hetero) is 2. The van der Waals surface area contributed by atoms with Crippen LogP contribution in [0.5, 0.6) is 0 Å². The number of ether oxygens (including phenoxy) is 3. The molecular formula is C134H267N7O5. The molecule has 8 saturated heterocycles. The first-order chi connectivity index (χ1) is 66.5. The fourth-order valence-corrected chi connectivity index (χ4v) is 23.4. The number of morpholine rings is 1. The zero-order valence-electron chi connectivity index (χ0n) is 106. The van der Waals surface area contributed by atoms with Crippen molar-refractivity contribution in [2.45, 2.75) is 596 Å². The van der Waals surface area contributed by atoms with Gasteiger partial charge in [-0.1, -0.05) is 311 Å². The van der Waals surface area contributed by atoms with Gasteiger partial charge in [-0.2, -0.15) is 0 Å². The number of carbonyl (C=O) groups excluding carboxylic acids is 2. The van der Waals surface area contributed by atoms with Gasteiger partial charge >= 0.3 is 0 Å². The first kappa shape index (κ1) is 144. The molecule has 868 valence electrons. The molecule has 0 radical (unpaired) electrons. The standard InChI is InChI=1S/C11H20.2C10H19N.2C10H18O.3C10H20.2C9H19N.2C9H18O.C8H18N2.C8H17NO.CH4/c1-9-6-5-7-10(8-9)11(2,3)4;1-8-7-9(5-6-11-8)10(2,3)4;1-9-7-5-6-8-11(9)10(2,3)4;1-10(2,3)8-4-6-9(11)7-5-8;1-10(2,3)8-6-4-5-7-9(8)11;3*1-10(2,3)9-7-5-4-6-8-9;1-9(2,3)8-5-4-6-10-7-8;1-9(2,3)10-7-5-4-6-8-10;1-9(2,3)8-5-4-6-10-7-8;1-9(2,3)8-6-4-5-7-10-8;1-8(2,3)10-6-4-9-5-7-10;1-8(2,3)9-4-6-10-7-5-9;/h10H,1,5-8H2,2-4H3;9,11H,1,5-7H2,2-4H3;1,5-8H2,2-4H3;2*8H,4-7H2,1-3H3;3*9H,4-8H2,1-3H3;8,10H,4-7H2,1-3H3;4-8H2,1-3H3;2*8H,4-7H2,1-3H3;9H,4-7H2,1-3H3;4-7H2,1-3H3;1H4. The largest absolute Gasteiger partial charge is 0.389 e. The second-order valence-corrected chi connectivity index (χ2v) is 62.1. The van der Waals surface area contributed by atoms with Crippen molar-refractivity contribution in [3.8, 4) is 0 Å². The maximum Gasteiger partial charge on any atom is 0.136 e. The van der Waals surface area contributed by atoms with Crippen molar-refractivity contribution in [1.82, 2.24) is 35.6 Å². The molecule has 14 aliphatic rings. The number of likely N-dealkylation sites (tertiary alicyclic amines) is 2. The summed E-state index contributed by atoms with van der Waals surface area (Å²) >= 11 is 0. The number of carbonyl (C=O) groups is 2. The van der Waals surface area contributed by atoms with Gasteiger partial charge in [-0.15, -0.1) is 0 Å². The molecule has 12 heteroatoms. The Morgan fingerprint density at radius 1 is 0.267 bits per heavy atom. The molecule has 0 aromatic rings. The van der Waals surface area contributed by atoms with E-state index in [2.05, 4.69) is 346 Å². The Morgan fingerprint density at radius 2 is 0.644 bits per heavy atom. The summed E-state index contributed by atoms with van der Waals surface area (Å²) in [6.07, 6.45) is 55.9. The minimum Gasteiger partial charge on any atom is -0.389 e. The smallest absolute Gasteiger partial charge is 0.136 e. The van der Waals surface area contributed by atoms with Crippen molar-refractivity contribution in [3.63, 3.8) is 0 Å². The van der Waals surface area contributed by atoms with Crippen molar-refractivity contribution >= 4 is 11.6 Å². The maximum atomic E-state index is 11.4. The van der Waals surface area contributed by atoms with Gasteiger partial charge in [0.15, 0.2) is 0 Å². The molecule has 6 aliphatic carbocycles. The number of piperidine rings is 4. The van der Waals surface area contributed by atoms with Crippen molar-refractivity contribution in [3.05, 3.63) is 36.7 Å². The number of ketones is 2. The molecule has 0 aromatic carbocycles. The topological polar surface area (TPSA) is 111 Å². The quantitative estimate of drug-likeness (QED) is 0.201. The van der Waals surface area contributed by atoms with Crippen molar-refractivity contribution in [2.75, 3.05) is 112 Å². The minimum absolute atomic E-state index is 0. The zero-order valence-corrected chi connectivity index (χ0v) is 106. The first-order valence-electron chi connectivity index (χ1n) is 61.5. The van der Waals surface area contributed by atoms with Gasteiger partial charge in [-0.25, -0.2) is 0 Å². The minimum atomic E-state index is 0. The van der Waals surface area contributed by atoms with E-state index < -0.39 is 0 Å². The normalized spacial score (nSPS) is 24.7. The first-order valence-corrected chi connectivity index (χ1v) is 61.5. The Kier molecular flexibility index (Phi) is 68.1. The van der Waals surface area contributed by atoms with Gasteiger partial charge < -0.3 is 35.1 Å². The van der Waals surface area contributed by atoms with Crippen molar-refractivity contribution < 1.29 is 23.8 Å². The van der Waals surface area contributed by atoms with Gasteiger partial charge in [0.05, 0.1) is 19.3 Å². The van der Waals surface area contributed by atoms with E-state index in [9.17, 15) is 9.59 Å². The molecule has 0 bridgehead atoms. The molecule has 12 nitrogen and oxygen atoms in total. The molecule has 14 fully saturated rings. The maximum absolute atomic E-state index is 11.4. The third-order valence-electron chi connectivity index (χ3n) is 35.0. The Balaban J connectivity index is 0.00000155. The highest BCUT2D eigenvalue weighted by Crippen LogP contribution is 2.45. The predicted octanol–water partition coefficient (Wildman–Crippen LogP) is 37.3. The molecule has 3 N–H and O–H groups in total. The summed E-state index contributed by atoms with van der Waals surface area (Å²) in [5, 5.41) is 10.1. The van der Waals surface area contributed by atoms with Crippen LogP contribution in [0.1, 0.15) is 568 Å². The summed E-state index contributed by atoms with van der Waals surface area (Å²) in [6, 6.07) is 0. The molecule has 6 saturated carbocycles. The number of rotatable bonds is 0. The molecule has 6 unspecified atom stereocenters. The van der Waals surface area contributed by atoms with E-state index in [-0.39, 0.29) is 18.4 Å². The molecule has 146 heavy (non-hydrogen) atoms. The molecule has 6 atom stereocenters. The zero-order chi connectivity index (χ0) is 111. The fourth-order valence-electron chi connectivity index (χ4n) is 23.4. The van der Waals surface area contributed by atoms with E-state index in [0.717, 1.165) is 164 Å². The van der Waals surface area contributed by atoms with Gasteiger partial charge in [0.1, 0.15) is 11.6 Å². The third kappa shape index (κ3) is 66.4. The molecule has 0 spiro atoms. The fraction of sp³-hybridized carbons (Fsp3) is 0.940. The Morgan fingerprint density at radius 3 is 0.925 bits per heavy atom. The SMILES string of the molecule is C.C=C1CC(C(C)(C)C)CCN1.C=C1CCCC(C(C)(C)C)C1.C=C1CCCCN1C(C)(C)C.CC(C)(C)C1CCC(=O)CC1.CC(C)(C)C1CCCCC1.CC(C)(C)C1CCCCC1.CC(C)(C)C1CCCCC1.CC(C)(C)C1CCCCC1=O.CC(C)(C)C1CCCCO1.CC(C)(C)C1CCCNC1.CC(C)(C)C1CCCOC1.CC(C)(C)N1CCCCC1.CC(C)(C)N1CCNCC1.CC(C)(C)N1CCOCC1. The highest BCUT2D eigenvalue weighted by Gasteiger charge is 2.38. The van der Waals surface area contributed by atoms with Crippen LogP contribution in [-0.2, 0) is 23.8 Å². The summed E-state index contributed by atoms with van der Waals surface area (Å²) < 4.78 is 16.3. The van der Waals surface area contributed by atoms with Gasteiger partial charge in [-0.3, -0.25) is 24.3 Å². The predicted molar refractivity (Wildman–Crippen MR) is 650 cm³/mol. The second-order valence-electron chi connectivity index (χ2n) is 62.1. The van der Waals surface area contributed by atoms with Crippen LogP contribution in [-0.4, -0.2) is 171 Å². The number of piperazine rings is 1. The third-order valence-corrected chi connectivity index (χ3v) is 35.0. The van der Waals surface area contributed by atoms with E-state index >= 15 is 0 Å². The lowest BCUT2D eigenvalue weighted by atomic mass is 9.71. The number of hydrogen-bond acceptors (Lipinski definition) is 12. The Hall–Kier alpha value is -2.16. The van der Waals surface area contributed by atoms with E-state index in [1.54, 1.807) is 0 Å². The lowest BCUT2D eigenvalue weighted by Crippen LogP contribution is -2.51. The van der Waals surface area contributed by atoms with Crippen LogP contribution in [0.3, 0.4) is 0 Å². The van der Waals surface area contributed by atoms with Crippen LogP contribution in [0.2, 0.25) is 0 Å². The van der Waals surface area contributed by atoms with E-state index in [1.165, 1.54) is 281 Å². The molecule has 0 aromatic heterocycles. The Labute approximate surface area is 917 Å². The monoisotopic (exact) mass is 2060 g/mol. The molecule has 8 heterocycles. The lowest BCUT2D eigenvalue weighted by Gasteiger charge is -2.41. The summed E-state index contributed by atoms with van der Waals surface area (Å²) in [6.45, 7) is 128. The van der Waals surface area contributed by atoms with Gasteiger partial charge in [0, 0.05) is 131 Å². The van der Waals surface area contributed by atoms with Crippen LogP contribution < -0.4 is 16.0 Å². The number of allylic oxidation sites excluding steroid dienone is 3. The van der Waals surface area contributed by atoms with Gasteiger partial charge in [0.25, 0.3) is 0 Å². The average Bonchev–Trinajstić information content (AvgIpc) is 0.841. The van der Waals surface area contributed by atoms with E-state index in [0.29, 0.717) is 88.9 Å². The van der Waals surface area contributed by atoms with E-state index in [4.69, 9.17) is 14.2 Å². The van der Waals surface area contributed by atoms with Crippen LogP contribution in [0.25, 0.3) is 0 Å². The summed E-state index contributed by atoms with van der Waals surface area (Å²) in [4.78, 5) is 32.4. The average molecular weight is 2060 g/mol. The van der Waals surface area contributed by atoms with Crippen molar-refractivity contribution in [2.24, 2.45) is 107 Å². The van der Waals surface area contributed by atoms with Crippen LogP contribution >= 0.6 is 0 Å². The van der Waals surface area contributed by atoms with Crippen molar-refractivity contribution in [1.29, 1.82) is 0 Å². The number of nitrogens with one attached hydrogen (secondary N) is 3. The van der Waals surface area contributed by atoms with Crippen LogP contribution in [0.4, 0.5) is 0 Å². The van der Waals surface area contributed by atoms with Crippen LogP contribution in [0, 0.1) is 107 Å². The molecular weight excluding hydrogens is 1790 g/mol.